The predicted octanol–water partition coefficient (Wildman–Crippen LogP) is -0.573. The summed E-state index contributed by atoms with van der Waals surface area (Å²) in [4.78, 5) is 31.3. The minimum atomic E-state index is -4.80. The number of carbonyl (C=O) groups is 2. The van der Waals surface area contributed by atoms with Gasteiger partial charge in [0.25, 0.3) is 5.91 Å². The molecule has 0 saturated carbocycles. The number of amides is 3. The average molecular weight is 392 g/mol. The highest BCUT2D eigenvalue weighted by Crippen LogP contribution is 2.31. The van der Waals surface area contributed by atoms with Gasteiger partial charge in [0.05, 0.1) is 12.6 Å². The standard InChI is InChI=1S/C14H24N4O7S/c1-14(4-6-15-7-5-14)9-24-16-12(19)11-3-2-10-8-17(11)13(20)18(10)25-26(21,22)23/h10-11,15H,2-9H2,1H3,(H,16,19)(H,21,22,23). The first-order valence-corrected chi connectivity index (χ1v) is 9.94. The van der Waals surface area contributed by atoms with E-state index in [1.165, 1.54) is 4.90 Å². The number of nitrogens with zero attached hydrogens (tertiary/aromatic N) is 2. The van der Waals surface area contributed by atoms with Crippen LogP contribution in [0, 0.1) is 5.41 Å². The Bertz CT molecular complexity index is 664. The third kappa shape index (κ3) is 4.26. The average Bonchev–Trinajstić information content (AvgIpc) is 2.79. The van der Waals surface area contributed by atoms with Crippen molar-refractivity contribution in [1.82, 2.24) is 20.8 Å². The van der Waals surface area contributed by atoms with E-state index in [1.54, 1.807) is 0 Å². The van der Waals surface area contributed by atoms with E-state index in [4.69, 9.17) is 9.39 Å². The molecule has 3 N–H and O–H groups in total. The molecule has 11 nitrogen and oxygen atoms in total. The van der Waals surface area contributed by atoms with E-state index in [0.717, 1.165) is 25.9 Å². The van der Waals surface area contributed by atoms with Crippen molar-refractivity contribution in [3.63, 3.8) is 0 Å². The van der Waals surface area contributed by atoms with Crippen LogP contribution in [-0.4, -0.2) is 73.2 Å². The minimum Gasteiger partial charge on any atom is -0.317 e. The van der Waals surface area contributed by atoms with Crippen LogP contribution in [-0.2, 0) is 24.3 Å². The summed E-state index contributed by atoms with van der Waals surface area (Å²) in [5.41, 5.74) is 2.40. The first kappa shape index (κ1) is 19.3. The quantitative estimate of drug-likeness (QED) is 0.404. The molecule has 3 amide bonds. The summed E-state index contributed by atoms with van der Waals surface area (Å²) >= 11 is 0. The molecule has 0 aromatic heterocycles. The van der Waals surface area contributed by atoms with Crippen LogP contribution in [0.2, 0.25) is 0 Å². The van der Waals surface area contributed by atoms with Crippen LogP contribution in [0.5, 0.6) is 0 Å². The summed E-state index contributed by atoms with van der Waals surface area (Å²) < 4.78 is 34.9. The minimum absolute atomic E-state index is 0.0141. The van der Waals surface area contributed by atoms with E-state index in [9.17, 15) is 18.0 Å². The molecule has 3 aliphatic heterocycles. The Labute approximate surface area is 151 Å². The van der Waals surface area contributed by atoms with Gasteiger partial charge >= 0.3 is 16.4 Å². The molecule has 26 heavy (non-hydrogen) atoms. The number of urea groups is 1. The zero-order valence-corrected chi connectivity index (χ0v) is 15.3. The molecule has 0 aliphatic carbocycles. The third-order valence-electron chi connectivity index (χ3n) is 5.20. The summed E-state index contributed by atoms with van der Waals surface area (Å²) in [6.45, 7) is 4.44. The van der Waals surface area contributed by atoms with Crippen LogP contribution in [0.15, 0.2) is 0 Å². The highest BCUT2D eigenvalue weighted by atomic mass is 32.3. The zero-order valence-electron chi connectivity index (χ0n) is 14.5. The van der Waals surface area contributed by atoms with Crippen LogP contribution >= 0.6 is 0 Å². The van der Waals surface area contributed by atoms with Gasteiger partial charge in [0.2, 0.25) is 0 Å². The molecule has 148 valence electrons. The molecule has 2 bridgehead atoms. The normalized spacial score (nSPS) is 28.3. The maximum Gasteiger partial charge on any atom is 0.418 e. The van der Waals surface area contributed by atoms with Gasteiger partial charge in [0, 0.05) is 6.54 Å². The number of hydrogen-bond acceptors (Lipinski definition) is 7. The van der Waals surface area contributed by atoms with Crippen LogP contribution in [0.25, 0.3) is 0 Å². The van der Waals surface area contributed by atoms with Gasteiger partial charge in [-0.25, -0.2) is 10.3 Å². The molecule has 0 aromatic carbocycles. The first-order valence-electron chi connectivity index (χ1n) is 8.58. The fourth-order valence-corrected chi connectivity index (χ4v) is 4.02. The van der Waals surface area contributed by atoms with Crippen molar-refractivity contribution in [1.29, 1.82) is 0 Å². The maximum atomic E-state index is 12.4. The zero-order chi connectivity index (χ0) is 18.9. The molecule has 3 aliphatic rings. The smallest absolute Gasteiger partial charge is 0.317 e. The second kappa shape index (κ2) is 7.27. The Kier molecular flexibility index (Phi) is 5.40. The molecule has 0 radical (unpaired) electrons. The first-order chi connectivity index (χ1) is 12.2. The van der Waals surface area contributed by atoms with E-state index >= 15 is 0 Å². The predicted molar refractivity (Wildman–Crippen MR) is 87.7 cm³/mol. The fraction of sp³-hybridized carbons (Fsp3) is 0.857. The van der Waals surface area contributed by atoms with Crippen molar-refractivity contribution < 1.29 is 31.7 Å². The van der Waals surface area contributed by atoms with Crippen molar-refractivity contribution in [2.45, 2.75) is 44.7 Å². The molecule has 3 rings (SSSR count). The van der Waals surface area contributed by atoms with Gasteiger partial charge in [-0.1, -0.05) is 6.92 Å². The number of hydrogen-bond donors (Lipinski definition) is 3. The van der Waals surface area contributed by atoms with E-state index in [1.807, 2.05) is 0 Å². The number of piperidine rings is 2. The van der Waals surface area contributed by atoms with Crippen molar-refractivity contribution in [2.24, 2.45) is 5.41 Å². The lowest BCUT2D eigenvalue weighted by Gasteiger charge is -2.34. The Hall–Kier alpha value is -1.47. The van der Waals surface area contributed by atoms with E-state index in [2.05, 4.69) is 22.0 Å². The second-order valence-corrected chi connectivity index (χ2v) is 8.33. The third-order valence-corrected chi connectivity index (χ3v) is 5.55. The van der Waals surface area contributed by atoms with Crippen LogP contribution in [0.1, 0.15) is 32.6 Å². The Morgan fingerprint density at radius 2 is 2.08 bits per heavy atom. The molecule has 3 saturated heterocycles. The van der Waals surface area contributed by atoms with Gasteiger partial charge in [0.1, 0.15) is 6.04 Å². The molecule has 0 aromatic rings. The van der Waals surface area contributed by atoms with Gasteiger partial charge in [-0.2, -0.15) is 13.5 Å². The Morgan fingerprint density at radius 3 is 2.73 bits per heavy atom. The summed E-state index contributed by atoms with van der Waals surface area (Å²) in [6, 6.07) is -2.06. The monoisotopic (exact) mass is 392 g/mol. The molecule has 3 fully saturated rings. The molecule has 0 spiro atoms. The molecular weight excluding hydrogens is 368 g/mol. The lowest BCUT2D eigenvalue weighted by Crippen LogP contribution is -2.50. The second-order valence-electron chi connectivity index (χ2n) is 7.33. The molecule has 2 atom stereocenters. The summed E-state index contributed by atoms with van der Waals surface area (Å²) in [6.07, 6.45) is 2.61. The SMILES string of the molecule is CC1(CONC(=O)C2CCC3CN2C(=O)N3OS(=O)(=O)O)CCNCC1. The Balaban J connectivity index is 1.53. The largest absolute Gasteiger partial charge is 0.418 e. The van der Waals surface area contributed by atoms with Crippen LogP contribution in [0.4, 0.5) is 4.79 Å². The van der Waals surface area contributed by atoms with E-state index in [0.29, 0.717) is 24.5 Å². The number of nitrogens with one attached hydrogen (secondary N) is 2. The van der Waals surface area contributed by atoms with Gasteiger partial charge in [-0.05, 0) is 44.2 Å². The van der Waals surface area contributed by atoms with Crippen LogP contribution < -0.4 is 10.8 Å². The number of hydroxylamine groups is 3. The van der Waals surface area contributed by atoms with Gasteiger partial charge in [0.15, 0.2) is 0 Å². The topological polar surface area (TPSA) is 138 Å². The lowest BCUT2D eigenvalue weighted by molar-refractivity contribution is -0.142. The van der Waals surface area contributed by atoms with Crippen LogP contribution in [0.3, 0.4) is 0 Å². The molecule has 3 heterocycles. The fourth-order valence-electron chi connectivity index (χ4n) is 3.63. The summed E-state index contributed by atoms with van der Waals surface area (Å²) in [7, 11) is -4.80. The maximum absolute atomic E-state index is 12.4. The molecule has 12 heteroatoms. The van der Waals surface area contributed by atoms with Crippen molar-refractivity contribution in [3.8, 4) is 0 Å². The van der Waals surface area contributed by atoms with E-state index < -0.39 is 34.4 Å². The van der Waals surface area contributed by atoms with Gasteiger partial charge in [-0.15, -0.1) is 4.28 Å². The Morgan fingerprint density at radius 1 is 1.38 bits per heavy atom. The number of fused-ring (bicyclic) bond motifs is 2. The summed E-state index contributed by atoms with van der Waals surface area (Å²) in [5.74, 6) is -0.456. The van der Waals surface area contributed by atoms with E-state index in [-0.39, 0.29) is 12.0 Å². The van der Waals surface area contributed by atoms with Gasteiger partial charge in [-0.3, -0.25) is 14.2 Å². The van der Waals surface area contributed by atoms with Crippen molar-refractivity contribution in [3.05, 3.63) is 0 Å². The highest BCUT2D eigenvalue weighted by Gasteiger charge is 2.49. The van der Waals surface area contributed by atoms with Gasteiger partial charge < -0.3 is 10.2 Å². The molecular formula is C14H24N4O7S. The summed E-state index contributed by atoms with van der Waals surface area (Å²) in [5, 5.41) is 3.88. The lowest BCUT2D eigenvalue weighted by atomic mass is 9.82. The van der Waals surface area contributed by atoms with Crippen molar-refractivity contribution in [2.75, 3.05) is 26.2 Å². The number of carbonyl (C=O) groups excluding carboxylic acids is 2. The highest BCUT2D eigenvalue weighted by molar-refractivity contribution is 7.80. The number of rotatable bonds is 6. The molecule has 2 unspecified atom stereocenters. The van der Waals surface area contributed by atoms with Crippen molar-refractivity contribution >= 4 is 22.3 Å².